The second-order valence-corrected chi connectivity index (χ2v) is 10.3. The second-order valence-electron chi connectivity index (χ2n) is 9.94. The summed E-state index contributed by atoms with van der Waals surface area (Å²) in [7, 11) is 0. The largest absolute Gasteiger partial charge is 0.480 e. The lowest BCUT2D eigenvalue weighted by atomic mass is 9.49. The summed E-state index contributed by atoms with van der Waals surface area (Å²) in [5.41, 5.74) is 2.56. The Kier molecular flexibility index (Phi) is 5.58. The van der Waals surface area contributed by atoms with Crippen LogP contribution in [0.15, 0.2) is 36.5 Å². The van der Waals surface area contributed by atoms with E-state index in [4.69, 9.17) is 16.7 Å². The van der Waals surface area contributed by atoms with E-state index in [0.717, 1.165) is 17.8 Å². The number of nitrogens with zero attached hydrogens (tertiary/aromatic N) is 1. The van der Waals surface area contributed by atoms with Crippen molar-refractivity contribution in [3.05, 3.63) is 47.1 Å². The number of aromatic nitrogens is 1. The molecule has 4 bridgehead atoms. The van der Waals surface area contributed by atoms with Gasteiger partial charge in [0.25, 0.3) is 5.91 Å². The first kappa shape index (κ1) is 21.3. The van der Waals surface area contributed by atoms with Gasteiger partial charge in [0.15, 0.2) is 0 Å². The minimum absolute atomic E-state index is 0.163. The van der Waals surface area contributed by atoms with Crippen LogP contribution in [0.4, 0.5) is 5.69 Å². The number of hydrogen-bond donors (Lipinski definition) is 3. The van der Waals surface area contributed by atoms with Gasteiger partial charge in [0.05, 0.1) is 22.0 Å². The molecule has 4 fully saturated rings. The van der Waals surface area contributed by atoms with Gasteiger partial charge in [-0.3, -0.25) is 14.6 Å². The minimum atomic E-state index is -0.958. The van der Waals surface area contributed by atoms with Crippen LogP contribution in [0, 0.1) is 23.2 Å². The molecule has 1 heterocycles. The van der Waals surface area contributed by atoms with Crippen molar-refractivity contribution in [3.63, 3.8) is 0 Å². The molecule has 6 nitrogen and oxygen atoms in total. The zero-order valence-corrected chi connectivity index (χ0v) is 18.7. The highest BCUT2D eigenvalue weighted by Crippen LogP contribution is 2.59. The number of amides is 1. The van der Waals surface area contributed by atoms with Crippen LogP contribution in [-0.2, 0) is 4.79 Å². The average Bonchev–Trinajstić information content (AvgIpc) is 2.76. The molecule has 168 valence electrons. The van der Waals surface area contributed by atoms with E-state index in [1.165, 1.54) is 38.5 Å². The van der Waals surface area contributed by atoms with E-state index >= 15 is 0 Å². The van der Waals surface area contributed by atoms with E-state index in [0.29, 0.717) is 34.1 Å². The summed E-state index contributed by atoms with van der Waals surface area (Å²) in [6.45, 7) is 0.496. The second kappa shape index (κ2) is 8.39. The Labute approximate surface area is 192 Å². The summed E-state index contributed by atoms with van der Waals surface area (Å²) in [6, 6.07) is 8.75. The first-order valence-electron chi connectivity index (χ1n) is 11.4. The maximum Gasteiger partial charge on any atom is 0.322 e. The first-order chi connectivity index (χ1) is 15.4. The smallest absolute Gasteiger partial charge is 0.322 e. The molecule has 0 unspecified atom stereocenters. The lowest BCUT2D eigenvalue weighted by Crippen LogP contribution is -2.51. The van der Waals surface area contributed by atoms with E-state index in [-0.39, 0.29) is 17.9 Å². The van der Waals surface area contributed by atoms with E-state index in [1.807, 2.05) is 0 Å². The van der Waals surface area contributed by atoms with E-state index in [1.54, 1.807) is 36.5 Å². The van der Waals surface area contributed by atoms with Gasteiger partial charge < -0.3 is 15.7 Å². The third-order valence-corrected chi connectivity index (χ3v) is 7.84. The highest BCUT2D eigenvalue weighted by Gasteiger charge is 2.50. The summed E-state index contributed by atoms with van der Waals surface area (Å²) in [5.74, 6) is 1.40. The Balaban J connectivity index is 1.33. The molecule has 0 radical (unpaired) electrons. The molecular formula is C25H28ClN3O3. The number of rotatable bonds is 7. The topological polar surface area (TPSA) is 91.3 Å². The lowest BCUT2D eigenvalue weighted by molar-refractivity contribution is -0.134. The molecule has 1 aromatic heterocycles. The van der Waals surface area contributed by atoms with Crippen LogP contribution in [-0.4, -0.2) is 35.1 Å². The molecule has 2 aromatic rings. The lowest BCUT2D eigenvalue weighted by Gasteiger charge is -2.56. The number of nitrogens with one attached hydrogen (secondary N) is 2. The molecule has 0 aliphatic heterocycles. The van der Waals surface area contributed by atoms with Crippen LogP contribution >= 0.6 is 11.6 Å². The zero-order chi connectivity index (χ0) is 22.3. The molecular weight excluding hydrogens is 426 g/mol. The summed E-state index contributed by atoms with van der Waals surface area (Å²) >= 11 is 6.40. The van der Waals surface area contributed by atoms with Crippen molar-refractivity contribution in [1.82, 2.24) is 10.3 Å². The molecule has 7 heteroatoms. The van der Waals surface area contributed by atoms with Crippen molar-refractivity contribution in [2.24, 2.45) is 23.2 Å². The molecule has 0 atom stereocenters. The number of benzene rings is 1. The Bertz CT molecular complexity index is 1020. The molecule has 0 saturated heterocycles. The Morgan fingerprint density at radius 1 is 1.09 bits per heavy atom. The maximum atomic E-state index is 13.1. The molecule has 0 spiro atoms. The molecule has 3 N–H and O–H groups in total. The molecule has 32 heavy (non-hydrogen) atoms. The number of anilines is 1. The number of carboxylic acids is 1. The fourth-order valence-corrected chi connectivity index (χ4v) is 6.87. The number of pyridine rings is 1. The maximum absolute atomic E-state index is 13.1. The van der Waals surface area contributed by atoms with Crippen LogP contribution in [0.2, 0.25) is 5.02 Å². The van der Waals surface area contributed by atoms with Gasteiger partial charge in [-0.15, -0.1) is 0 Å². The van der Waals surface area contributed by atoms with Gasteiger partial charge in [0.1, 0.15) is 6.54 Å². The number of hydrogen-bond acceptors (Lipinski definition) is 4. The number of carbonyl (C=O) groups is 2. The summed E-state index contributed by atoms with van der Waals surface area (Å²) in [5, 5.41) is 15.5. The van der Waals surface area contributed by atoms with Crippen LogP contribution in [0.25, 0.3) is 11.3 Å². The first-order valence-corrected chi connectivity index (χ1v) is 11.8. The Morgan fingerprint density at radius 3 is 2.44 bits per heavy atom. The summed E-state index contributed by atoms with van der Waals surface area (Å²) in [4.78, 5) is 28.5. The Hall–Kier alpha value is -2.60. The SMILES string of the molecule is O=C(O)CNc1cccnc1-c1ccc(Cl)c(C(=O)NCC23CC4CC(CC(C4)C2)C3)c1. The number of carboxylic acid groups (broad SMARTS) is 1. The van der Waals surface area contributed by atoms with Gasteiger partial charge in [-0.05, 0) is 86.0 Å². The molecule has 4 aliphatic carbocycles. The average molecular weight is 454 g/mol. The van der Waals surface area contributed by atoms with Gasteiger partial charge in [0, 0.05) is 18.3 Å². The van der Waals surface area contributed by atoms with Gasteiger partial charge in [-0.2, -0.15) is 0 Å². The third kappa shape index (κ3) is 4.20. The van der Waals surface area contributed by atoms with Crippen molar-refractivity contribution in [3.8, 4) is 11.3 Å². The summed E-state index contributed by atoms with van der Waals surface area (Å²) in [6.07, 6.45) is 9.48. The molecule has 4 aliphatic rings. The van der Waals surface area contributed by atoms with Crippen molar-refractivity contribution in [1.29, 1.82) is 0 Å². The van der Waals surface area contributed by atoms with E-state index in [2.05, 4.69) is 15.6 Å². The number of carbonyl (C=O) groups excluding carboxylic acids is 1. The predicted molar refractivity (Wildman–Crippen MR) is 124 cm³/mol. The highest BCUT2D eigenvalue weighted by atomic mass is 35.5. The molecule has 4 saturated carbocycles. The van der Waals surface area contributed by atoms with Crippen LogP contribution < -0.4 is 10.6 Å². The minimum Gasteiger partial charge on any atom is -0.480 e. The van der Waals surface area contributed by atoms with Gasteiger partial charge in [-0.1, -0.05) is 17.7 Å². The zero-order valence-electron chi connectivity index (χ0n) is 17.9. The fraction of sp³-hybridized carbons (Fsp3) is 0.480. The van der Waals surface area contributed by atoms with Gasteiger partial charge >= 0.3 is 5.97 Å². The van der Waals surface area contributed by atoms with E-state index in [9.17, 15) is 9.59 Å². The predicted octanol–water partition coefficient (Wildman–Crippen LogP) is 4.84. The summed E-state index contributed by atoms with van der Waals surface area (Å²) < 4.78 is 0. The van der Waals surface area contributed by atoms with Crippen LogP contribution in [0.1, 0.15) is 48.9 Å². The third-order valence-electron chi connectivity index (χ3n) is 7.51. The van der Waals surface area contributed by atoms with Gasteiger partial charge in [0.2, 0.25) is 0 Å². The number of aliphatic carboxylic acids is 1. The van der Waals surface area contributed by atoms with Crippen LogP contribution in [0.5, 0.6) is 0 Å². The quantitative estimate of drug-likeness (QED) is 0.557. The van der Waals surface area contributed by atoms with Crippen LogP contribution in [0.3, 0.4) is 0 Å². The molecule has 1 amide bonds. The standard InChI is InChI=1S/C25H28ClN3O3/c26-20-4-3-18(23-21(2-1-5-27-23)28-13-22(30)31)9-19(20)24(32)29-14-25-10-15-6-16(11-25)8-17(7-15)12-25/h1-5,9,15-17,28H,6-8,10-14H2,(H,29,32)(H,30,31). The van der Waals surface area contributed by atoms with Crippen molar-refractivity contribution < 1.29 is 14.7 Å². The van der Waals surface area contributed by atoms with Crippen molar-refractivity contribution in [2.75, 3.05) is 18.4 Å². The monoisotopic (exact) mass is 453 g/mol. The van der Waals surface area contributed by atoms with Gasteiger partial charge in [-0.25, -0.2) is 0 Å². The number of halogens is 1. The Morgan fingerprint density at radius 2 is 1.78 bits per heavy atom. The molecule has 1 aromatic carbocycles. The molecule has 6 rings (SSSR count). The fourth-order valence-electron chi connectivity index (χ4n) is 6.66. The van der Waals surface area contributed by atoms with Crippen molar-refractivity contribution >= 4 is 29.2 Å². The normalized spacial score (nSPS) is 27.8. The van der Waals surface area contributed by atoms with E-state index < -0.39 is 5.97 Å². The highest BCUT2D eigenvalue weighted by molar-refractivity contribution is 6.34. The van der Waals surface area contributed by atoms with Crippen molar-refractivity contribution in [2.45, 2.75) is 38.5 Å².